The standard InChI is InChI=1S/2C34H22NO2P.BF4.Rh/c2*1-5-13-27-23(9-1)19-21-31-33(27)34-28-14-6-2-10-24(28)20-22-32(34)37-38(36-31)35-29-15-7-3-11-25(29)17-18-26-12-4-8-16-30(26)35;2-1(3,4)5;/h2*1-22H;;/q;;-1;. The third-order valence-electron chi connectivity index (χ3n) is 14.6. The number of hydrogen-bond donors (Lipinski definition) is 0. The molecule has 14 heteroatoms. The molecule has 0 spiro atoms. The van der Waals surface area contributed by atoms with Crippen LogP contribution in [0.25, 0.3) is 111 Å². The Bertz CT molecular complexity index is 4360. The molecule has 0 aliphatic carbocycles. The van der Waals surface area contributed by atoms with Crippen molar-refractivity contribution in [2.24, 2.45) is 0 Å². The van der Waals surface area contributed by atoms with Crippen LogP contribution >= 0.6 is 16.3 Å². The van der Waals surface area contributed by atoms with E-state index in [0.717, 1.165) is 110 Å². The van der Waals surface area contributed by atoms with Gasteiger partial charge in [0.25, 0.3) is 0 Å². The monoisotopic (exact) mass is 1200 g/mol. The van der Waals surface area contributed by atoms with Crippen molar-refractivity contribution < 1.29 is 53.5 Å². The molecule has 0 saturated heterocycles. The second kappa shape index (κ2) is 21.8. The second-order valence-electron chi connectivity index (χ2n) is 19.5. The first-order valence-electron chi connectivity index (χ1n) is 26.3. The van der Waals surface area contributed by atoms with Crippen LogP contribution < -0.4 is 9.34 Å². The fourth-order valence-electron chi connectivity index (χ4n) is 11.1. The van der Waals surface area contributed by atoms with Gasteiger partial charge in [0, 0.05) is 41.0 Å². The average Bonchev–Trinajstić information content (AvgIpc) is 3.57. The molecule has 82 heavy (non-hydrogen) atoms. The first-order chi connectivity index (χ1) is 39.7. The number of nitrogens with zero attached hydrogens (tertiary/aromatic N) is 2. The van der Waals surface area contributed by atoms with Crippen LogP contribution in [0.15, 0.2) is 259 Å². The maximum absolute atomic E-state index is 9.75. The maximum Gasteiger partial charge on any atom is 0.673 e. The van der Waals surface area contributed by atoms with Crippen molar-refractivity contribution in [3.05, 3.63) is 265 Å². The van der Waals surface area contributed by atoms with Gasteiger partial charge in [0.15, 0.2) is 0 Å². The number of para-hydroxylation sites is 4. The van der Waals surface area contributed by atoms with E-state index in [2.05, 4.69) is 276 Å². The van der Waals surface area contributed by atoms with E-state index >= 15 is 0 Å². The van der Waals surface area contributed by atoms with Gasteiger partial charge < -0.3 is 34.0 Å². The number of fused-ring (bicyclic) bond motifs is 18. The van der Waals surface area contributed by atoms with Crippen LogP contribution in [0.1, 0.15) is 22.3 Å². The fraction of sp³-hybridized carbons (Fsp3) is 0. The Morgan fingerprint density at radius 3 is 0.720 bits per heavy atom. The molecule has 14 aromatic rings. The number of rotatable bonds is 2. The normalized spacial score (nSPS) is 12.4. The van der Waals surface area contributed by atoms with Crippen molar-refractivity contribution >= 4 is 158 Å². The molecule has 12 aromatic carbocycles. The Morgan fingerprint density at radius 1 is 0.268 bits per heavy atom. The van der Waals surface area contributed by atoms with Crippen LogP contribution in [-0.2, 0) is 19.5 Å². The molecule has 401 valence electrons. The molecule has 0 amide bonds. The van der Waals surface area contributed by atoms with Gasteiger partial charge in [0.05, 0.1) is 22.7 Å². The minimum atomic E-state index is -6.00. The van der Waals surface area contributed by atoms with Gasteiger partial charge in [-0.2, -0.15) is 0 Å². The summed E-state index contributed by atoms with van der Waals surface area (Å²) in [6.07, 6.45) is 8.68. The number of halogens is 4. The Morgan fingerprint density at radius 2 is 0.476 bits per heavy atom. The van der Waals surface area contributed by atoms with Gasteiger partial charge in [0.1, 0.15) is 22.3 Å². The van der Waals surface area contributed by atoms with Crippen molar-refractivity contribution in [3.63, 3.8) is 0 Å². The van der Waals surface area contributed by atoms with E-state index in [-0.39, 0.29) is 19.5 Å². The van der Waals surface area contributed by atoms with E-state index in [9.17, 15) is 17.3 Å². The predicted molar refractivity (Wildman–Crippen MR) is 332 cm³/mol. The van der Waals surface area contributed by atoms with E-state index in [1.807, 2.05) is 0 Å². The first kappa shape index (κ1) is 52.3. The summed E-state index contributed by atoms with van der Waals surface area (Å²) >= 11 is 0. The summed E-state index contributed by atoms with van der Waals surface area (Å²) < 4.78 is 71.3. The van der Waals surface area contributed by atoms with E-state index in [4.69, 9.17) is 16.8 Å². The summed E-state index contributed by atoms with van der Waals surface area (Å²) in [5.74, 6) is 0. The molecule has 4 heterocycles. The smallest absolute Gasteiger partial charge is 0.418 e. The van der Waals surface area contributed by atoms with Gasteiger partial charge in [-0.15, -0.1) is 0 Å². The second-order valence-corrected chi connectivity index (χ2v) is 22.0. The maximum atomic E-state index is 9.75. The zero-order valence-corrected chi connectivity index (χ0v) is 46.7. The molecule has 0 bridgehead atoms. The molecule has 2 aliphatic rings. The Kier molecular flexibility index (Phi) is 13.9. The summed E-state index contributed by atoms with van der Waals surface area (Å²) in [6.45, 7) is 0. The van der Waals surface area contributed by atoms with E-state index < -0.39 is 23.6 Å². The number of benzene rings is 12. The van der Waals surface area contributed by atoms with Crippen LogP contribution in [0.5, 0.6) is 0 Å². The van der Waals surface area contributed by atoms with Crippen molar-refractivity contribution in [2.75, 3.05) is 9.34 Å². The molecular weight excluding hydrogens is 1160 g/mol. The van der Waals surface area contributed by atoms with E-state index in [1.54, 1.807) is 0 Å². The van der Waals surface area contributed by atoms with Crippen LogP contribution in [0, 0.1) is 0 Å². The van der Waals surface area contributed by atoms with Crippen LogP contribution in [-0.4, -0.2) is 7.25 Å². The molecule has 0 unspecified atom stereocenters. The molecule has 2 aromatic heterocycles. The van der Waals surface area contributed by atoms with Crippen LogP contribution in [0.2, 0.25) is 0 Å². The van der Waals surface area contributed by atoms with Gasteiger partial charge in [-0.05, 0) is 114 Å². The predicted octanol–water partition coefficient (Wildman–Crippen LogP) is 22.7. The largest absolute Gasteiger partial charge is 0.673 e. The van der Waals surface area contributed by atoms with Crippen molar-refractivity contribution in [2.45, 2.75) is 0 Å². The molecule has 1 radical (unpaired) electrons. The van der Waals surface area contributed by atoms with Crippen molar-refractivity contribution in [3.8, 4) is 0 Å². The van der Waals surface area contributed by atoms with Crippen LogP contribution in [0.3, 0.4) is 0 Å². The van der Waals surface area contributed by atoms with Crippen molar-refractivity contribution in [1.29, 1.82) is 0 Å². The molecule has 0 fully saturated rings. The summed E-state index contributed by atoms with van der Waals surface area (Å²) in [5, 5.41) is 13.6. The van der Waals surface area contributed by atoms with Gasteiger partial charge in [-0.3, -0.25) is 0 Å². The average molecular weight is 1200 g/mol. The van der Waals surface area contributed by atoms with Crippen LogP contribution in [0.4, 0.5) is 40.0 Å². The van der Waals surface area contributed by atoms with Gasteiger partial charge in [-0.25, -0.2) is 9.34 Å². The molecule has 2 aliphatic heterocycles. The quantitative estimate of drug-likeness (QED) is 0.127. The van der Waals surface area contributed by atoms with E-state index in [0.29, 0.717) is 0 Å². The fourth-order valence-corrected chi connectivity index (χ4v) is 14.3. The molecule has 0 N–H and O–H groups in total. The number of hydrogen-bond acceptors (Lipinski definition) is 6. The molecule has 0 saturated carbocycles. The van der Waals surface area contributed by atoms with E-state index in [1.165, 1.54) is 21.5 Å². The van der Waals surface area contributed by atoms with Gasteiger partial charge in [0.2, 0.25) is 0 Å². The zero-order valence-electron chi connectivity index (χ0n) is 43.2. The molecular formula is C68H44BF4N2O4P2Rh-. The first-order valence-corrected chi connectivity index (χ1v) is 28.6. The summed E-state index contributed by atoms with van der Waals surface area (Å²) in [7, 11) is -9.19. The topological polar surface area (TPSA) is 59.0 Å². The third-order valence-corrected chi connectivity index (χ3v) is 17.6. The Hall–Kier alpha value is -9.03. The van der Waals surface area contributed by atoms with Gasteiger partial charge >= 0.3 is 23.6 Å². The zero-order chi connectivity index (χ0) is 54.6. The van der Waals surface area contributed by atoms with Gasteiger partial charge in [-0.1, -0.05) is 218 Å². The minimum absolute atomic E-state index is 0. The molecule has 16 rings (SSSR count). The molecule has 6 nitrogen and oxygen atoms in total. The summed E-state index contributed by atoms with van der Waals surface area (Å²) in [4.78, 5) is 0. The molecule has 0 atom stereocenters. The third kappa shape index (κ3) is 9.73. The SMILES string of the molecule is C1=Cc2ccccc2N(p2oc3ccc4ccccc4c3c3c(ccc4ccccc43)o2)c2ccccc21.C1=Cc2ccccc2N(p2oc3ccc4ccccc4c3c3c(ccc4ccccc43)o2)c2ccccc21.F[B-](F)(F)F.[Rh]. The summed E-state index contributed by atoms with van der Waals surface area (Å²) in [5.41, 5.74) is 12.1. The van der Waals surface area contributed by atoms with Crippen molar-refractivity contribution in [1.82, 2.24) is 0 Å². The summed E-state index contributed by atoms with van der Waals surface area (Å²) in [6, 6.07) is 84.7. The Balaban J connectivity index is 0.000000141. The minimum Gasteiger partial charge on any atom is -0.418 e. The number of anilines is 4. The Labute approximate surface area is 482 Å².